The average Bonchev–Trinajstić information content (AvgIpc) is 3.16. The Balaban J connectivity index is 1.76. The molecule has 1 aromatic carbocycles. The Morgan fingerprint density at radius 1 is 1.31 bits per heavy atom. The van der Waals surface area contributed by atoms with Crippen molar-refractivity contribution in [2.75, 3.05) is 18.0 Å². The van der Waals surface area contributed by atoms with E-state index in [0.29, 0.717) is 28.4 Å². The van der Waals surface area contributed by atoms with Crippen molar-refractivity contribution in [3.05, 3.63) is 33.9 Å². The molecule has 2 atom stereocenters. The third-order valence-electron chi connectivity index (χ3n) is 6.28. The number of halogens is 1. The topological polar surface area (TPSA) is 106 Å². The molecule has 5 rings (SSSR count). The number of hydrogen-bond acceptors (Lipinski definition) is 6. The number of rotatable bonds is 4. The van der Waals surface area contributed by atoms with Gasteiger partial charge in [-0.1, -0.05) is 0 Å². The van der Waals surface area contributed by atoms with Crippen LogP contribution in [0.2, 0.25) is 0 Å². The van der Waals surface area contributed by atoms with E-state index in [2.05, 4.69) is 25.5 Å². The lowest BCUT2D eigenvalue weighted by molar-refractivity contribution is 0.487. The monoisotopic (exact) mass is 397 g/mol. The summed E-state index contributed by atoms with van der Waals surface area (Å²) < 4.78 is 17.2. The number of nitrogens with two attached hydrogens (primary N) is 1. The van der Waals surface area contributed by atoms with Crippen LogP contribution in [0.3, 0.4) is 0 Å². The summed E-state index contributed by atoms with van der Waals surface area (Å²) in [6.45, 7) is 5.38. The highest BCUT2D eigenvalue weighted by Gasteiger charge is 2.32. The molecule has 0 bridgehead atoms. The molecular formula is C20H24FN7O. The van der Waals surface area contributed by atoms with Gasteiger partial charge in [0.25, 0.3) is 5.56 Å². The number of aromatic nitrogens is 5. The largest absolute Gasteiger partial charge is 0.369 e. The Morgan fingerprint density at radius 2 is 2.10 bits per heavy atom. The second-order valence-corrected chi connectivity index (χ2v) is 8.31. The van der Waals surface area contributed by atoms with Gasteiger partial charge in [-0.2, -0.15) is 5.21 Å². The van der Waals surface area contributed by atoms with Gasteiger partial charge in [0.05, 0.1) is 11.2 Å². The first kappa shape index (κ1) is 18.2. The summed E-state index contributed by atoms with van der Waals surface area (Å²) in [6.07, 6.45) is 2.85. The van der Waals surface area contributed by atoms with Gasteiger partial charge in [0, 0.05) is 42.2 Å². The van der Waals surface area contributed by atoms with Crippen LogP contribution in [-0.4, -0.2) is 44.3 Å². The molecule has 1 aliphatic heterocycles. The zero-order valence-corrected chi connectivity index (χ0v) is 16.5. The number of nitrogens with one attached hydrogen (secondary N) is 1. The summed E-state index contributed by atoms with van der Waals surface area (Å²) in [7, 11) is 0. The number of aromatic amines is 1. The number of tetrazole rings is 1. The molecule has 1 aliphatic carbocycles. The SMILES string of the molecule is Cc1c(N2CC[C@@H]([C@H](C)N)C2)c(F)cc2c(-c3nn[nH]n3)cc(=O)n(C3CC3)c12. The summed E-state index contributed by atoms with van der Waals surface area (Å²) in [6, 6.07) is 3.24. The number of nitrogens with zero attached hydrogens (tertiary/aromatic N) is 5. The van der Waals surface area contributed by atoms with E-state index < -0.39 is 0 Å². The van der Waals surface area contributed by atoms with Crippen LogP contribution in [0.1, 0.15) is 37.8 Å². The molecule has 1 saturated heterocycles. The van der Waals surface area contributed by atoms with Gasteiger partial charge in [-0.25, -0.2) is 4.39 Å². The lowest BCUT2D eigenvalue weighted by Gasteiger charge is -2.25. The Labute approximate surface area is 166 Å². The van der Waals surface area contributed by atoms with Gasteiger partial charge in [0.2, 0.25) is 5.82 Å². The average molecular weight is 397 g/mol. The Morgan fingerprint density at radius 3 is 2.72 bits per heavy atom. The van der Waals surface area contributed by atoms with Gasteiger partial charge < -0.3 is 15.2 Å². The molecule has 1 saturated carbocycles. The molecule has 2 aromatic heterocycles. The van der Waals surface area contributed by atoms with Crippen LogP contribution in [-0.2, 0) is 0 Å². The zero-order valence-electron chi connectivity index (χ0n) is 16.5. The highest BCUT2D eigenvalue weighted by Crippen LogP contribution is 2.42. The van der Waals surface area contributed by atoms with Crippen LogP contribution in [0.25, 0.3) is 22.3 Å². The van der Waals surface area contributed by atoms with Gasteiger partial charge in [-0.3, -0.25) is 4.79 Å². The number of aryl methyl sites for hydroxylation is 1. The van der Waals surface area contributed by atoms with Gasteiger partial charge >= 0.3 is 0 Å². The first-order valence-corrected chi connectivity index (χ1v) is 10.1. The molecule has 29 heavy (non-hydrogen) atoms. The van der Waals surface area contributed by atoms with Gasteiger partial charge in [-0.15, -0.1) is 10.2 Å². The molecule has 3 heterocycles. The van der Waals surface area contributed by atoms with Gasteiger partial charge in [-0.05, 0) is 55.9 Å². The highest BCUT2D eigenvalue weighted by molar-refractivity contribution is 5.97. The molecule has 3 N–H and O–H groups in total. The maximum atomic E-state index is 15.4. The lowest BCUT2D eigenvalue weighted by Crippen LogP contribution is -2.30. The standard InChI is InChI=1S/C20H24FN7O/c1-10-18-14(7-16(21)19(10)27-6-5-12(9-27)11(2)22)15(20-23-25-26-24-20)8-17(29)28(18)13-3-4-13/h7-8,11-13H,3-6,9,22H2,1-2H3,(H,23,24,25,26)/t11-,12+/m0/s1. The lowest BCUT2D eigenvalue weighted by atomic mass is 10.0. The summed E-state index contributed by atoms with van der Waals surface area (Å²) in [5.74, 6) is 0.326. The van der Waals surface area contributed by atoms with Crippen LogP contribution in [0, 0.1) is 18.7 Å². The second kappa shape index (κ2) is 6.62. The van der Waals surface area contributed by atoms with Crippen molar-refractivity contribution < 1.29 is 4.39 Å². The fourth-order valence-electron chi connectivity index (χ4n) is 4.62. The maximum Gasteiger partial charge on any atom is 0.252 e. The third-order valence-corrected chi connectivity index (χ3v) is 6.28. The Kier molecular flexibility index (Phi) is 4.16. The quantitative estimate of drug-likeness (QED) is 0.699. The second-order valence-electron chi connectivity index (χ2n) is 8.31. The fourth-order valence-corrected chi connectivity index (χ4v) is 4.62. The number of pyridine rings is 1. The number of benzene rings is 1. The van der Waals surface area contributed by atoms with E-state index in [1.165, 1.54) is 12.1 Å². The Bertz CT molecular complexity index is 1130. The molecule has 8 nitrogen and oxygen atoms in total. The van der Waals surface area contributed by atoms with E-state index in [-0.39, 0.29) is 23.5 Å². The van der Waals surface area contributed by atoms with Crippen LogP contribution >= 0.6 is 0 Å². The summed E-state index contributed by atoms with van der Waals surface area (Å²) >= 11 is 0. The van der Waals surface area contributed by atoms with Crippen molar-refractivity contribution >= 4 is 16.6 Å². The van der Waals surface area contributed by atoms with Crippen molar-refractivity contribution in [1.82, 2.24) is 25.2 Å². The molecule has 2 aliphatic rings. The smallest absolute Gasteiger partial charge is 0.252 e. The first-order chi connectivity index (χ1) is 14.0. The minimum absolute atomic E-state index is 0.0679. The van der Waals surface area contributed by atoms with Crippen molar-refractivity contribution in [2.45, 2.75) is 45.2 Å². The van der Waals surface area contributed by atoms with Gasteiger partial charge in [0.1, 0.15) is 5.82 Å². The molecular weight excluding hydrogens is 373 g/mol. The summed E-state index contributed by atoms with van der Waals surface area (Å²) in [5, 5.41) is 14.7. The predicted octanol–water partition coefficient (Wildman–Crippen LogP) is 2.14. The zero-order chi connectivity index (χ0) is 20.3. The molecule has 0 unspecified atom stereocenters. The van der Waals surface area contributed by atoms with E-state index in [4.69, 9.17) is 5.73 Å². The third kappa shape index (κ3) is 2.91. The summed E-state index contributed by atoms with van der Waals surface area (Å²) in [4.78, 5) is 15.1. The van der Waals surface area contributed by atoms with E-state index in [9.17, 15) is 4.79 Å². The predicted molar refractivity (Wildman–Crippen MR) is 108 cm³/mol. The highest BCUT2D eigenvalue weighted by atomic mass is 19.1. The number of anilines is 1. The minimum atomic E-state index is -0.300. The van der Waals surface area contributed by atoms with Crippen molar-refractivity contribution in [2.24, 2.45) is 11.7 Å². The van der Waals surface area contributed by atoms with E-state index in [1.54, 1.807) is 0 Å². The molecule has 3 aromatic rings. The fraction of sp³-hybridized carbons (Fsp3) is 0.500. The van der Waals surface area contributed by atoms with Crippen LogP contribution < -0.4 is 16.2 Å². The molecule has 9 heteroatoms. The minimum Gasteiger partial charge on any atom is -0.369 e. The van der Waals surface area contributed by atoms with Crippen LogP contribution in [0.15, 0.2) is 16.9 Å². The molecule has 0 amide bonds. The molecule has 0 radical (unpaired) electrons. The number of hydrogen-bond donors (Lipinski definition) is 2. The van der Waals surface area contributed by atoms with Crippen molar-refractivity contribution in [1.29, 1.82) is 0 Å². The Hall–Kier alpha value is -2.81. The van der Waals surface area contributed by atoms with E-state index in [0.717, 1.165) is 43.4 Å². The normalized spacial score (nSPS) is 20.6. The number of fused-ring (bicyclic) bond motifs is 1. The van der Waals surface area contributed by atoms with Gasteiger partial charge in [0.15, 0.2) is 0 Å². The molecule has 0 spiro atoms. The van der Waals surface area contributed by atoms with E-state index >= 15 is 4.39 Å². The van der Waals surface area contributed by atoms with Crippen molar-refractivity contribution in [3.8, 4) is 11.4 Å². The van der Waals surface area contributed by atoms with E-state index in [1.807, 2.05) is 18.4 Å². The maximum absolute atomic E-state index is 15.4. The molecule has 2 fully saturated rings. The summed E-state index contributed by atoms with van der Waals surface area (Å²) in [5.41, 5.74) is 8.58. The molecule has 152 valence electrons. The first-order valence-electron chi connectivity index (χ1n) is 10.1. The van der Waals surface area contributed by atoms with Crippen LogP contribution in [0.4, 0.5) is 10.1 Å². The van der Waals surface area contributed by atoms with Crippen LogP contribution in [0.5, 0.6) is 0 Å². The van der Waals surface area contributed by atoms with Crippen molar-refractivity contribution in [3.63, 3.8) is 0 Å². The number of H-pyrrole nitrogens is 1.